The monoisotopic (exact) mass is 339 g/mol. The van der Waals surface area contributed by atoms with Crippen LogP contribution in [0.1, 0.15) is 11.1 Å². The zero-order valence-corrected chi connectivity index (χ0v) is 12.5. The van der Waals surface area contributed by atoms with Crippen LogP contribution < -0.4 is 10.5 Å². The fraction of sp³-hybridized carbons (Fsp3) is 0.0714. The molecule has 2 rings (SSSR count). The van der Waals surface area contributed by atoms with Crippen LogP contribution >= 0.6 is 28.1 Å². The molecule has 2 aromatic rings. The van der Waals surface area contributed by atoms with E-state index in [-0.39, 0.29) is 5.75 Å². The summed E-state index contributed by atoms with van der Waals surface area (Å²) in [6, 6.07) is 9.78. The zero-order valence-electron chi connectivity index (χ0n) is 10.1. The summed E-state index contributed by atoms with van der Waals surface area (Å²) in [6.45, 7) is 1.87. The molecule has 0 bridgehead atoms. The van der Waals surface area contributed by atoms with Gasteiger partial charge < -0.3 is 10.5 Å². The Kier molecular flexibility index (Phi) is 4.17. The van der Waals surface area contributed by atoms with E-state index < -0.39 is 5.82 Å². The van der Waals surface area contributed by atoms with E-state index in [1.807, 2.05) is 6.92 Å². The van der Waals surface area contributed by atoms with Gasteiger partial charge in [-0.2, -0.15) is 0 Å². The fourth-order valence-electron chi connectivity index (χ4n) is 1.66. The van der Waals surface area contributed by atoms with Crippen LogP contribution in [0.3, 0.4) is 0 Å². The van der Waals surface area contributed by atoms with Crippen molar-refractivity contribution in [3.63, 3.8) is 0 Å². The van der Waals surface area contributed by atoms with Crippen LogP contribution in [0, 0.1) is 12.7 Å². The van der Waals surface area contributed by atoms with Gasteiger partial charge in [-0.15, -0.1) is 0 Å². The third-order valence-corrected chi connectivity index (χ3v) is 3.30. The van der Waals surface area contributed by atoms with Gasteiger partial charge in [0.2, 0.25) is 0 Å². The summed E-state index contributed by atoms with van der Waals surface area (Å²) in [4.78, 5) is 0.331. The summed E-state index contributed by atoms with van der Waals surface area (Å²) < 4.78 is 19.8. The Morgan fingerprint density at radius 1 is 1.26 bits per heavy atom. The molecule has 0 heterocycles. The summed E-state index contributed by atoms with van der Waals surface area (Å²) in [7, 11) is 0. The highest BCUT2D eigenvalue weighted by Crippen LogP contribution is 2.28. The maximum Gasteiger partial charge on any atom is 0.165 e. The predicted octanol–water partition coefficient (Wildman–Crippen LogP) is 4.32. The molecular formula is C14H11BrFNOS. The van der Waals surface area contributed by atoms with Crippen LogP contribution in [0.25, 0.3) is 0 Å². The molecule has 0 aromatic heterocycles. The molecular weight excluding hydrogens is 329 g/mol. The zero-order chi connectivity index (χ0) is 14.0. The lowest BCUT2D eigenvalue weighted by atomic mass is 10.1. The molecule has 0 saturated heterocycles. The molecule has 0 atom stereocenters. The largest absolute Gasteiger partial charge is 0.454 e. The highest BCUT2D eigenvalue weighted by molar-refractivity contribution is 9.10. The average Bonchev–Trinajstić information content (AvgIpc) is 2.33. The first kappa shape index (κ1) is 14.0. The molecule has 0 amide bonds. The van der Waals surface area contributed by atoms with Crippen molar-refractivity contribution >= 4 is 33.1 Å². The molecule has 0 aliphatic rings. The molecule has 2 nitrogen and oxygen atoms in total. The minimum atomic E-state index is -0.417. The molecule has 0 radical (unpaired) electrons. The van der Waals surface area contributed by atoms with E-state index in [1.165, 1.54) is 6.07 Å². The first-order chi connectivity index (χ1) is 8.97. The minimum Gasteiger partial charge on any atom is -0.454 e. The smallest absolute Gasteiger partial charge is 0.165 e. The molecule has 19 heavy (non-hydrogen) atoms. The second-order valence-electron chi connectivity index (χ2n) is 4.02. The lowest BCUT2D eigenvalue weighted by Crippen LogP contribution is -2.10. The van der Waals surface area contributed by atoms with E-state index in [4.69, 9.17) is 22.7 Å². The van der Waals surface area contributed by atoms with Gasteiger partial charge in [-0.1, -0.05) is 28.1 Å². The highest BCUT2D eigenvalue weighted by Gasteiger charge is 2.08. The fourth-order valence-corrected chi connectivity index (χ4v) is 2.23. The molecule has 0 aliphatic carbocycles. The van der Waals surface area contributed by atoms with Gasteiger partial charge in [0.15, 0.2) is 11.6 Å². The van der Waals surface area contributed by atoms with Gasteiger partial charge in [0.1, 0.15) is 10.7 Å². The van der Waals surface area contributed by atoms with Crippen molar-refractivity contribution in [3.8, 4) is 11.5 Å². The van der Waals surface area contributed by atoms with Crippen molar-refractivity contribution in [2.24, 2.45) is 5.73 Å². The van der Waals surface area contributed by atoms with Gasteiger partial charge in [-0.3, -0.25) is 0 Å². The molecule has 2 aromatic carbocycles. The third kappa shape index (κ3) is 3.30. The summed E-state index contributed by atoms with van der Waals surface area (Å²) in [5.74, 6) is 0.283. The average molecular weight is 340 g/mol. The van der Waals surface area contributed by atoms with Gasteiger partial charge in [0, 0.05) is 10.0 Å². The van der Waals surface area contributed by atoms with E-state index in [0.717, 1.165) is 15.6 Å². The molecule has 98 valence electrons. The second kappa shape index (κ2) is 5.67. The van der Waals surface area contributed by atoms with Gasteiger partial charge in [0.05, 0.1) is 0 Å². The predicted molar refractivity (Wildman–Crippen MR) is 81.2 cm³/mol. The Labute approximate surface area is 124 Å². The Morgan fingerprint density at radius 3 is 2.63 bits per heavy atom. The van der Waals surface area contributed by atoms with Crippen molar-refractivity contribution < 1.29 is 9.13 Å². The number of nitrogens with two attached hydrogens (primary N) is 1. The lowest BCUT2D eigenvalue weighted by Gasteiger charge is -2.10. The van der Waals surface area contributed by atoms with E-state index in [9.17, 15) is 4.39 Å². The molecule has 0 unspecified atom stereocenters. The van der Waals surface area contributed by atoms with E-state index in [1.54, 1.807) is 30.3 Å². The van der Waals surface area contributed by atoms with Crippen molar-refractivity contribution in [2.75, 3.05) is 0 Å². The van der Waals surface area contributed by atoms with Crippen molar-refractivity contribution in [2.45, 2.75) is 6.92 Å². The van der Waals surface area contributed by atoms with E-state index in [2.05, 4.69) is 15.9 Å². The normalized spacial score (nSPS) is 10.3. The highest BCUT2D eigenvalue weighted by atomic mass is 79.9. The molecule has 0 spiro atoms. The van der Waals surface area contributed by atoms with Crippen LogP contribution in [-0.2, 0) is 0 Å². The van der Waals surface area contributed by atoms with Crippen molar-refractivity contribution in [1.29, 1.82) is 0 Å². The van der Waals surface area contributed by atoms with Gasteiger partial charge in [-0.25, -0.2) is 4.39 Å². The SMILES string of the molecule is Cc1cc(Oc2cc(Br)ccc2F)ccc1C(N)=S. The van der Waals surface area contributed by atoms with Gasteiger partial charge in [-0.05, 0) is 48.9 Å². The number of halogens is 2. The van der Waals surface area contributed by atoms with Crippen LogP contribution in [0.2, 0.25) is 0 Å². The number of ether oxygens (including phenoxy) is 1. The summed E-state index contributed by atoms with van der Waals surface area (Å²) in [6.07, 6.45) is 0. The summed E-state index contributed by atoms with van der Waals surface area (Å²) >= 11 is 8.21. The maximum absolute atomic E-state index is 13.6. The van der Waals surface area contributed by atoms with Crippen LogP contribution in [0.5, 0.6) is 11.5 Å². The number of hydrogen-bond acceptors (Lipinski definition) is 2. The van der Waals surface area contributed by atoms with E-state index >= 15 is 0 Å². The maximum atomic E-state index is 13.6. The first-order valence-corrected chi connectivity index (χ1v) is 6.71. The number of thiocarbonyl (C=S) groups is 1. The Balaban J connectivity index is 2.31. The minimum absolute atomic E-state index is 0.164. The number of benzene rings is 2. The van der Waals surface area contributed by atoms with Crippen LogP contribution in [-0.4, -0.2) is 4.99 Å². The summed E-state index contributed by atoms with van der Waals surface area (Å²) in [5.41, 5.74) is 7.26. The lowest BCUT2D eigenvalue weighted by molar-refractivity contribution is 0.441. The van der Waals surface area contributed by atoms with Crippen LogP contribution in [0.15, 0.2) is 40.9 Å². The Bertz CT molecular complexity index is 645. The summed E-state index contributed by atoms with van der Waals surface area (Å²) in [5, 5.41) is 0. The molecule has 0 fully saturated rings. The first-order valence-electron chi connectivity index (χ1n) is 5.51. The molecule has 2 N–H and O–H groups in total. The molecule has 0 aliphatic heterocycles. The molecule has 5 heteroatoms. The van der Waals surface area contributed by atoms with Crippen molar-refractivity contribution in [3.05, 3.63) is 57.8 Å². The standard InChI is InChI=1S/C14H11BrFNOS/c1-8-6-10(3-4-11(8)14(17)19)18-13-7-9(15)2-5-12(13)16/h2-7H,1H3,(H2,17,19). The van der Waals surface area contributed by atoms with Crippen LogP contribution in [0.4, 0.5) is 4.39 Å². The Morgan fingerprint density at radius 2 is 2.00 bits per heavy atom. The Hall–Kier alpha value is -1.46. The molecule has 0 saturated carbocycles. The topological polar surface area (TPSA) is 35.2 Å². The second-order valence-corrected chi connectivity index (χ2v) is 5.37. The number of rotatable bonds is 3. The van der Waals surface area contributed by atoms with Gasteiger partial charge in [0.25, 0.3) is 0 Å². The third-order valence-electron chi connectivity index (χ3n) is 2.58. The number of hydrogen-bond donors (Lipinski definition) is 1. The quantitative estimate of drug-likeness (QED) is 0.845. The van der Waals surface area contributed by atoms with Crippen molar-refractivity contribution in [1.82, 2.24) is 0 Å². The van der Waals surface area contributed by atoms with Gasteiger partial charge >= 0.3 is 0 Å². The van der Waals surface area contributed by atoms with E-state index in [0.29, 0.717) is 10.7 Å². The number of aryl methyl sites for hydroxylation is 1.